The Labute approximate surface area is 130 Å². The van der Waals surface area contributed by atoms with Gasteiger partial charge in [-0.15, -0.1) is 0 Å². The van der Waals surface area contributed by atoms with Gasteiger partial charge in [0.1, 0.15) is 0 Å². The quantitative estimate of drug-likeness (QED) is 0.782. The van der Waals surface area contributed by atoms with Gasteiger partial charge in [0.05, 0.1) is 18.7 Å². The zero-order valence-corrected chi connectivity index (χ0v) is 12.8. The van der Waals surface area contributed by atoms with Gasteiger partial charge in [-0.3, -0.25) is 9.79 Å². The third-order valence-corrected chi connectivity index (χ3v) is 4.67. The normalized spacial score (nSPS) is 23.1. The molecule has 0 aromatic heterocycles. The number of carbonyl (C=O) groups excluding carboxylic acids is 1. The molecule has 2 heterocycles. The minimum Gasteiger partial charge on any atom is -0.307 e. The molecule has 0 bridgehead atoms. The van der Waals surface area contributed by atoms with Crippen LogP contribution in [-0.4, -0.2) is 23.1 Å². The summed E-state index contributed by atoms with van der Waals surface area (Å²) in [6.07, 6.45) is 0.478. The fraction of sp³-hybridized carbons (Fsp3) is 0.263. The average Bonchev–Trinajstić information content (AvgIpc) is 2.82. The summed E-state index contributed by atoms with van der Waals surface area (Å²) >= 11 is 0. The first-order chi connectivity index (χ1) is 10.6. The van der Waals surface area contributed by atoms with E-state index < -0.39 is 5.66 Å². The lowest BCUT2D eigenvalue weighted by molar-refractivity contribution is -0.153. The highest BCUT2D eigenvalue weighted by Crippen LogP contribution is 2.46. The van der Waals surface area contributed by atoms with Crippen molar-refractivity contribution in [2.24, 2.45) is 4.99 Å². The smallest absolute Gasteiger partial charge is 0.229 e. The summed E-state index contributed by atoms with van der Waals surface area (Å²) in [4.78, 5) is 18.9. The molecule has 4 rings (SSSR count). The summed E-state index contributed by atoms with van der Waals surface area (Å²) in [5, 5.41) is 0. The molecule has 3 heteroatoms. The monoisotopic (exact) mass is 290 g/mol. The highest BCUT2D eigenvalue weighted by molar-refractivity contribution is 6.07. The topological polar surface area (TPSA) is 32.7 Å². The van der Waals surface area contributed by atoms with Crippen LogP contribution in [0.4, 0.5) is 0 Å². The molecule has 0 aliphatic carbocycles. The lowest BCUT2D eigenvalue weighted by Gasteiger charge is -2.45. The highest BCUT2D eigenvalue weighted by atomic mass is 16.2. The lowest BCUT2D eigenvalue weighted by atomic mass is 9.87. The maximum atomic E-state index is 12.0. The first-order valence-corrected chi connectivity index (χ1v) is 7.62. The van der Waals surface area contributed by atoms with Gasteiger partial charge < -0.3 is 4.90 Å². The van der Waals surface area contributed by atoms with E-state index in [1.807, 2.05) is 4.90 Å². The Hall–Kier alpha value is -2.42. The average molecular weight is 290 g/mol. The van der Waals surface area contributed by atoms with Crippen LogP contribution < -0.4 is 0 Å². The molecular weight excluding hydrogens is 272 g/mol. The number of nitrogens with zero attached hydrogens (tertiary/aromatic N) is 2. The summed E-state index contributed by atoms with van der Waals surface area (Å²) in [5.41, 5.74) is 5.21. The van der Waals surface area contributed by atoms with Gasteiger partial charge in [0, 0.05) is 5.56 Å². The molecular formula is C19H18N2O. The molecule has 0 N–H and O–H groups in total. The van der Waals surface area contributed by atoms with E-state index in [4.69, 9.17) is 4.99 Å². The molecule has 2 aromatic rings. The van der Waals surface area contributed by atoms with Crippen LogP contribution in [0.3, 0.4) is 0 Å². The minimum absolute atomic E-state index is 0.187. The number of β-lactam (4-membered cyclic amide) rings is 1. The predicted molar refractivity (Wildman–Crippen MR) is 86.9 cm³/mol. The van der Waals surface area contributed by atoms with E-state index in [0.29, 0.717) is 13.0 Å². The Morgan fingerprint density at radius 2 is 1.55 bits per heavy atom. The molecule has 22 heavy (non-hydrogen) atoms. The van der Waals surface area contributed by atoms with E-state index in [-0.39, 0.29) is 5.91 Å². The van der Waals surface area contributed by atoms with Crippen molar-refractivity contribution in [2.75, 3.05) is 6.54 Å². The van der Waals surface area contributed by atoms with Gasteiger partial charge in [-0.25, -0.2) is 0 Å². The van der Waals surface area contributed by atoms with E-state index >= 15 is 0 Å². The number of aryl methyl sites for hydroxylation is 2. The van der Waals surface area contributed by atoms with E-state index in [1.54, 1.807) is 0 Å². The Morgan fingerprint density at radius 1 is 0.955 bits per heavy atom. The van der Waals surface area contributed by atoms with E-state index in [0.717, 1.165) is 16.8 Å². The van der Waals surface area contributed by atoms with Crippen LogP contribution in [-0.2, 0) is 10.5 Å². The van der Waals surface area contributed by atoms with Crippen LogP contribution in [0.1, 0.15) is 28.7 Å². The molecule has 1 atom stereocenters. The summed E-state index contributed by atoms with van der Waals surface area (Å²) in [7, 11) is 0. The van der Waals surface area contributed by atoms with Crippen molar-refractivity contribution in [1.82, 2.24) is 4.90 Å². The zero-order chi connectivity index (χ0) is 15.3. The summed E-state index contributed by atoms with van der Waals surface area (Å²) in [6, 6.07) is 16.7. The largest absolute Gasteiger partial charge is 0.307 e. The fourth-order valence-electron chi connectivity index (χ4n) is 3.29. The zero-order valence-electron chi connectivity index (χ0n) is 12.8. The van der Waals surface area contributed by atoms with Gasteiger partial charge >= 0.3 is 0 Å². The maximum absolute atomic E-state index is 12.0. The molecule has 0 saturated carbocycles. The summed E-state index contributed by atoms with van der Waals surface area (Å²) < 4.78 is 0. The standard InChI is InChI=1S/C19H18N2O/c1-13-3-7-15(8-4-13)17-12-21-18(22)11-19(21,20-17)16-9-5-14(2)6-10-16/h3-10H,11-12H2,1-2H3. The van der Waals surface area contributed by atoms with Crippen LogP contribution in [0.2, 0.25) is 0 Å². The van der Waals surface area contributed by atoms with Crippen LogP contribution in [0.5, 0.6) is 0 Å². The van der Waals surface area contributed by atoms with Gasteiger partial charge in [-0.2, -0.15) is 0 Å². The van der Waals surface area contributed by atoms with Crippen molar-refractivity contribution in [2.45, 2.75) is 25.9 Å². The van der Waals surface area contributed by atoms with E-state index in [1.165, 1.54) is 11.1 Å². The van der Waals surface area contributed by atoms with E-state index in [9.17, 15) is 4.79 Å². The Kier molecular flexibility index (Phi) is 2.73. The first kappa shape index (κ1) is 13.3. The summed E-state index contributed by atoms with van der Waals surface area (Å²) in [6.45, 7) is 4.75. The number of benzene rings is 2. The SMILES string of the molecule is Cc1ccc(C2=NC3(c4ccc(C)cc4)CC(=O)N3C2)cc1. The highest BCUT2D eigenvalue weighted by Gasteiger charge is 2.56. The van der Waals surface area contributed by atoms with Gasteiger partial charge in [-0.1, -0.05) is 59.7 Å². The van der Waals surface area contributed by atoms with Crippen molar-refractivity contribution >= 4 is 11.6 Å². The van der Waals surface area contributed by atoms with Gasteiger partial charge in [0.25, 0.3) is 0 Å². The molecule has 0 spiro atoms. The number of amides is 1. The second-order valence-corrected chi connectivity index (χ2v) is 6.26. The Morgan fingerprint density at radius 3 is 2.14 bits per heavy atom. The van der Waals surface area contributed by atoms with Gasteiger partial charge in [-0.05, 0) is 19.4 Å². The van der Waals surface area contributed by atoms with Crippen molar-refractivity contribution in [1.29, 1.82) is 0 Å². The van der Waals surface area contributed by atoms with Gasteiger partial charge in [0.2, 0.25) is 5.91 Å². The molecule has 2 aliphatic heterocycles. The molecule has 1 fully saturated rings. The predicted octanol–water partition coefficient (Wildman–Crippen LogP) is 3.19. The second-order valence-electron chi connectivity index (χ2n) is 6.26. The molecule has 3 nitrogen and oxygen atoms in total. The van der Waals surface area contributed by atoms with Crippen LogP contribution in [0.15, 0.2) is 53.5 Å². The van der Waals surface area contributed by atoms with Crippen LogP contribution >= 0.6 is 0 Å². The first-order valence-electron chi connectivity index (χ1n) is 7.62. The summed E-state index contributed by atoms with van der Waals surface area (Å²) in [5.74, 6) is 0.187. The van der Waals surface area contributed by atoms with Gasteiger partial charge in [0.15, 0.2) is 5.66 Å². The van der Waals surface area contributed by atoms with Crippen molar-refractivity contribution in [3.8, 4) is 0 Å². The number of fused-ring (bicyclic) bond motifs is 1. The molecule has 110 valence electrons. The maximum Gasteiger partial charge on any atom is 0.229 e. The molecule has 2 aliphatic rings. The number of aliphatic imine (C=N–C) groups is 1. The third kappa shape index (κ3) is 1.82. The molecule has 1 unspecified atom stereocenters. The lowest BCUT2D eigenvalue weighted by Crippen LogP contribution is -2.57. The Bertz CT molecular complexity index is 774. The van der Waals surface area contributed by atoms with Crippen molar-refractivity contribution < 1.29 is 4.79 Å². The van der Waals surface area contributed by atoms with Crippen molar-refractivity contribution in [3.05, 3.63) is 70.8 Å². The molecule has 1 amide bonds. The number of rotatable bonds is 2. The number of hydrogen-bond acceptors (Lipinski definition) is 2. The van der Waals surface area contributed by atoms with Crippen LogP contribution in [0.25, 0.3) is 0 Å². The molecule has 2 aromatic carbocycles. The fourth-order valence-corrected chi connectivity index (χ4v) is 3.29. The van der Waals surface area contributed by atoms with E-state index in [2.05, 4.69) is 62.4 Å². The molecule has 0 radical (unpaired) electrons. The van der Waals surface area contributed by atoms with Crippen LogP contribution in [0, 0.1) is 13.8 Å². The number of hydrogen-bond donors (Lipinski definition) is 0. The van der Waals surface area contributed by atoms with Crippen molar-refractivity contribution in [3.63, 3.8) is 0 Å². The molecule has 1 saturated heterocycles. The Balaban J connectivity index is 1.76. The third-order valence-electron chi connectivity index (χ3n) is 4.67. The minimum atomic E-state index is -0.467. The second kappa shape index (κ2) is 4.54. The number of carbonyl (C=O) groups is 1.